The molecule has 2 N–H and O–H groups in total. The average molecular weight is 364 g/mol. The molecule has 1 aromatic heterocycles. The van der Waals surface area contributed by atoms with Crippen LogP contribution in [0.1, 0.15) is 26.3 Å². The molecule has 0 aliphatic carbocycles. The van der Waals surface area contributed by atoms with Gasteiger partial charge in [-0.05, 0) is 48.0 Å². The predicted molar refractivity (Wildman–Crippen MR) is 99.3 cm³/mol. The number of esters is 1. The molecule has 0 fully saturated rings. The third-order valence-corrected chi connectivity index (χ3v) is 3.84. The van der Waals surface area contributed by atoms with E-state index in [9.17, 15) is 9.59 Å². The summed E-state index contributed by atoms with van der Waals surface area (Å²) in [5.74, 6) is -1.43. The number of carboxylic acids is 1. The van der Waals surface area contributed by atoms with E-state index < -0.39 is 11.9 Å². The fraction of sp³-hybridized carbons (Fsp3) is 0.0500. The minimum Gasteiger partial charge on any atom is -0.478 e. The number of methoxy groups -OCH3 is 1. The van der Waals surface area contributed by atoms with Crippen LogP contribution in [0, 0.1) is 0 Å². The first-order chi connectivity index (χ1) is 13.1. The van der Waals surface area contributed by atoms with Crippen molar-refractivity contribution >= 4 is 23.7 Å². The van der Waals surface area contributed by atoms with Crippen LogP contribution < -0.4 is 5.32 Å². The van der Waals surface area contributed by atoms with Gasteiger partial charge in [-0.2, -0.15) is 0 Å². The number of benzene rings is 2. The van der Waals surface area contributed by atoms with Crippen molar-refractivity contribution in [2.45, 2.75) is 0 Å². The van der Waals surface area contributed by atoms with Gasteiger partial charge >= 0.3 is 11.9 Å². The second-order valence-electron chi connectivity index (χ2n) is 5.54. The van der Waals surface area contributed by atoms with E-state index in [0.717, 1.165) is 5.56 Å². The molecular weight excluding hydrogens is 348 g/mol. The summed E-state index contributed by atoms with van der Waals surface area (Å²) < 4.78 is 9.68. The van der Waals surface area contributed by atoms with Gasteiger partial charge in [-0.3, -0.25) is 0 Å². The van der Waals surface area contributed by atoms with E-state index in [-0.39, 0.29) is 5.56 Å². The number of anilines is 1. The second-order valence-corrected chi connectivity index (χ2v) is 5.54. The SMILES string of the molecule is COC(=O)c1ccc(-c2ccon2)cc1C=CNc1ccc(C(=O)O)cc1. The number of nitrogens with zero attached hydrogens (tertiary/aromatic N) is 1. The molecule has 0 aliphatic heterocycles. The third kappa shape index (κ3) is 4.21. The van der Waals surface area contributed by atoms with Crippen molar-refractivity contribution in [2.24, 2.45) is 0 Å². The van der Waals surface area contributed by atoms with Crippen molar-refractivity contribution in [2.75, 3.05) is 12.4 Å². The summed E-state index contributed by atoms with van der Waals surface area (Å²) in [6.45, 7) is 0. The van der Waals surface area contributed by atoms with Gasteiger partial charge in [-0.1, -0.05) is 11.2 Å². The maximum atomic E-state index is 12.0. The molecule has 0 bridgehead atoms. The number of nitrogens with one attached hydrogen (secondary N) is 1. The second kappa shape index (κ2) is 8.01. The van der Waals surface area contributed by atoms with Crippen molar-refractivity contribution in [3.63, 3.8) is 0 Å². The minimum absolute atomic E-state index is 0.206. The summed E-state index contributed by atoms with van der Waals surface area (Å²) in [4.78, 5) is 22.9. The molecule has 3 rings (SSSR count). The van der Waals surface area contributed by atoms with Gasteiger partial charge in [0.1, 0.15) is 12.0 Å². The van der Waals surface area contributed by atoms with Gasteiger partial charge in [0.2, 0.25) is 0 Å². The van der Waals surface area contributed by atoms with Crippen molar-refractivity contribution < 1.29 is 24.0 Å². The highest BCUT2D eigenvalue weighted by atomic mass is 16.5. The van der Waals surface area contributed by atoms with E-state index in [4.69, 9.17) is 14.4 Å². The third-order valence-electron chi connectivity index (χ3n) is 3.84. The average Bonchev–Trinajstić information content (AvgIpc) is 3.22. The normalized spacial score (nSPS) is 10.7. The Balaban J connectivity index is 1.84. The molecule has 1 heterocycles. The Morgan fingerprint density at radius 1 is 1.15 bits per heavy atom. The van der Waals surface area contributed by atoms with Gasteiger partial charge in [0.15, 0.2) is 0 Å². The van der Waals surface area contributed by atoms with Crippen LogP contribution in [-0.2, 0) is 4.74 Å². The number of carboxylic acid groups (broad SMARTS) is 1. The summed E-state index contributed by atoms with van der Waals surface area (Å²) in [7, 11) is 1.32. The molecule has 0 spiro atoms. The van der Waals surface area contributed by atoms with Crippen molar-refractivity contribution in [1.29, 1.82) is 0 Å². The quantitative estimate of drug-likeness (QED) is 0.639. The van der Waals surface area contributed by atoms with Gasteiger partial charge in [0, 0.05) is 23.5 Å². The van der Waals surface area contributed by atoms with E-state index >= 15 is 0 Å². The summed E-state index contributed by atoms with van der Waals surface area (Å²) in [6.07, 6.45) is 4.85. The molecule has 0 radical (unpaired) electrons. The first-order valence-corrected chi connectivity index (χ1v) is 7.98. The Bertz CT molecular complexity index is 976. The Kier molecular flexibility index (Phi) is 5.32. The first-order valence-electron chi connectivity index (χ1n) is 7.98. The number of carbonyl (C=O) groups is 2. The number of aromatic carboxylic acids is 1. The molecule has 136 valence electrons. The number of aromatic nitrogens is 1. The summed E-state index contributed by atoms with van der Waals surface area (Å²) in [6, 6.07) is 13.3. The fourth-order valence-electron chi connectivity index (χ4n) is 2.45. The summed E-state index contributed by atoms with van der Waals surface area (Å²) in [5, 5.41) is 15.9. The lowest BCUT2D eigenvalue weighted by Crippen LogP contribution is -2.04. The number of hydrogen-bond acceptors (Lipinski definition) is 6. The lowest BCUT2D eigenvalue weighted by Gasteiger charge is -2.07. The molecule has 0 saturated carbocycles. The molecule has 0 amide bonds. The molecule has 0 aliphatic rings. The van der Waals surface area contributed by atoms with Crippen molar-refractivity contribution in [3.05, 3.63) is 77.7 Å². The monoisotopic (exact) mass is 364 g/mol. The minimum atomic E-state index is -0.982. The largest absolute Gasteiger partial charge is 0.478 e. The molecule has 0 unspecified atom stereocenters. The molecule has 3 aromatic rings. The number of ether oxygens (including phenoxy) is 1. The van der Waals surface area contributed by atoms with Gasteiger partial charge in [-0.25, -0.2) is 9.59 Å². The Morgan fingerprint density at radius 2 is 1.93 bits per heavy atom. The van der Waals surface area contributed by atoms with Crippen molar-refractivity contribution in [1.82, 2.24) is 5.16 Å². The van der Waals surface area contributed by atoms with Gasteiger partial charge in [-0.15, -0.1) is 0 Å². The zero-order valence-electron chi connectivity index (χ0n) is 14.4. The number of hydrogen-bond donors (Lipinski definition) is 2. The smallest absolute Gasteiger partial charge is 0.338 e. The van der Waals surface area contributed by atoms with E-state index in [1.165, 1.54) is 25.5 Å². The molecular formula is C20H16N2O5. The van der Waals surface area contributed by atoms with E-state index in [1.807, 2.05) is 0 Å². The van der Waals surface area contributed by atoms with E-state index in [2.05, 4.69) is 10.5 Å². The van der Waals surface area contributed by atoms with Crippen LogP contribution in [0.2, 0.25) is 0 Å². The lowest BCUT2D eigenvalue weighted by molar-refractivity contribution is 0.0599. The lowest BCUT2D eigenvalue weighted by atomic mass is 10.0. The molecule has 27 heavy (non-hydrogen) atoms. The Labute approximate surface area is 154 Å². The highest BCUT2D eigenvalue weighted by Crippen LogP contribution is 2.23. The highest BCUT2D eigenvalue weighted by Gasteiger charge is 2.12. The van der Waals surface area contributed by atoms with E-state index in [1.54, 1.807) is 48.7 Å². The van der Waals surface area contributed by atoms with Crippen LogP contribution in [0.15, 0.2) is 65.5 Å². The zero-order valence-corrected chi connectivity index (χ0v) is 14.4. The topological polar surface area (TPSA) is 102 Å². The predicted octanol–water partition coefficient (Wildman–Crippen LogP) is 3.91. The molecule has 0 atom stereocenters. The maximum absolute atomic E-state index is 12.0. The van der Waals surface area contributed by atoms with Crippen LogP contribution in [0.3, 0.4) is 0 Å². The maximum Gasteiger partial charge on any atom is 0.338 e. The number of carbonyl (C=O) groups excluding carboxylic acids is 1. The molecule has 2 aromatic carbocycles. The highest BCUT2D eigenvalue weighted by molar-refractivity contribution is 5.94. The Hall–Kier alpha value is -3.87. The van der Waals surface area contributed by atoms with Gasteiger partial charge in [0.05, 0.1) is 18.2 Å². The van der Waals surface area contributed by atoms with Gasteiger partial charge in [0.25, 0.3) is 0 Å². The van der Waals surface area contributed by atoms with Crippen LogP contribution in [0.25, 0.3) is 17.3 Å². The fourth-order valence-corrected chi connectivity index (χ4v) is 2.45. The summed E-state index contributed by atoms with van der Waals surface area (Å²) >= 11 is 0. The Morgan fingerprint density at radius 3 is 2.56 bits per heavy atom. The van der Waals surface area contributed by atoms with Crippen LogP contribution in [-0.4, -0.2) is 29.3 Å². The molecule has 7 nitrogen and oxygen atoms in total. The van der Waals surface area contributed by atoms with Crippen LogP contribution >= 0.6 is 0 Å². The van der Waals surface area contributed by atoms with Gasteiger partial charge < -0.3 is 19.7 Å². The van der Waals surface area contributed by atoms with Crippen LogP contribution in [0.4, 0.5) is 5.69 Å². The first kappa shape index (κ1) is 17.9. The standard InChI is InChI=1S/C20H16N2O5/c1-26-20(25)17-7-4-15(18-9-11-27-22-18)12-14(17)8-10-21-16-5-2-13(3-6-16)19(23)24/h2-12,21H,1H3,(H,23,24). The molecule has 0 saturated heterocycles. The van der Waals surface area contributed by atoms with E-state index in [0.29, 0.717) is 22.5 Å². The zero-order chi connectivity index (χ0) is 19.2. The van der Waals surface area contributed by atoms with Crippen LogP contribution in [0.5, 0.6) is 0 Å². The molecule has 7 heteroatoms. The van der Waals surface area contributed by atoms with Crippen molar-refractivity contribution in [3.8, 4) is 11.3 Å². The summed E-state index contributed by atoms with van der Waals surface area (Å²) in [5.41, 5.74) is 3.41. The number of rotatable bonds is 6.